The minimum absolute atomic E-state index is 0.329. The van der Waals surface area contributed by atoms with Crippen LogP contribution < -0.4 is 16.2 Å². The van der Waals surface area contributed by atoms with E-state index >= 15 is 0 Å². The second kappa shape index (κ2) is 5.22. The summed E-state index contributed by atoms with van der Waals surface area (Å²) in [7, 11) is 0. The van der Waals surface area contributed by atoms with Gasteiger partial charge in [-0.05, 0) is 49.1 Å². The van der Waals surface area contributed by atoms with Gasteiger partial charge in [-0.2, -0.15) is 0 Å². The lowest BCUT2D eigenvalue weighted by Gasteiger charge is -2.15. The van der Waals surface area contributed by atoms with E-state index < -0.39 is 10.9 Å². The van der Waals surface area contributed by atoms with E-state index in [1.54, 1.807) is 6.20 Å². The molecule has 22 heavy (non-hydrogen) atoms. The van der Waals surface area contributed by atoms with Crippen molar-refractivity contribution >= 4 is 11.5 Å². The van der Waals surface area contributed by atoms with E-state index in [2.05, 4.69) is 10.3 Å². The van der Waals surface area contributed by atoms with E-state index in [0.29, 0.717) is 17.1 Å². The molecule has 1 heterocycles. The van der Waals surface area contributed by atoms with Crippen LogP contribution in [0.5, 0.6) is 0 Å². The first-order valence-corrected chi connectivity index (χ1v) is 7.08. The van der Waals surface area contributed by atoms with Crippen molar-refractivity contribution in [1.82, 2.24) is 4.98 Å². The van der Waals surface area contributed by atoms with Gasteiger partial charge in [0.05, 0.1) is 5.56 Å². The Morgan fingerprint density at radius 2 is 1.68 bits per heavy atom. The third-order valence-electron chi connectivity index (χ3n) is 3.96. The Labute approximate surface area is 128 Å². The standard InChI is InChI=1S/C18H16N2O2/c1-10-6-7-13(9-12(10)3)14-15(17(22)16(14)21)20-18-11(2)5-4-8-19-18/h4-9H,1-3H3,(H,19,20). The summed E-state index contributed by atoms with van der Waals surface area (Å²) < 4.78 is 0. The predicted octanol–water partition coefficient (Wildman–Crippen LogP) is 3.01. The van der Waals surface area contributed by atoms with Crippen LogP contribution in [0.25, 0.3) is 11.1 Å². The summed E-state index contributed by atoms with van der Waals surface area (Å²) >= 11 is 0. The molecule has 0 saturated carbocycles. The molecule has 0 atom stereocenters. The summed E-state index contributed by atoms with van der Waals surface area (Å²) in [5.74, 6) is 0.597. The van der Waals surface area contributed by atoms with E-state index in [1.807, 2.05) is 51.1 Å². The maximum atomic E-state index is 12.0. The molecule has 0 aliphatic heterocycles. The molecule has 4 nitrogen and oxygen atoms in total. The SMILES string of the molecule is Cc1ccc(-c2c(Nc3ncccc3C)c(=O)c2=O)cc1C. The van der Waals surface area contributed by atoms with Gasteiger partial charge in [0.25, 0.3) is 5.43 Å². The fourth-order valence-corrected chi connectivity index (χ4v) is 2.42. The number of benzene rings is 1. The fraction of sp³-hybridized carbons (Fsp3) is 0.167. The number of hydrogen-bond donors (Lipinski definition) is 1. The van der Waals surface area contributed by atoms with Crippen LogP contribution in [0, 0.1) is 20.8 Å². The monoisotopic (exact) mass is 292 g/mol. The summed E-state index contributed by atoms with van der Waals surface area (Å²) in [6.45, 7) is 5.90. The number of hydrogen-bond acceptors (Lipinski definition) is 4. The molecule has 2 aromatic carbocycles. The van der Waals surface area contributed by atoms with E-state index in [9.17, 15) is 9.59 Å². The van der Waals surface area contributed by atoms with Gasteiger partial charge in [-0.1, -0.05) is 24.3 Å². The van der Waals surface area contributed by atoms with Gasteiger partial charge in [-0.25, -0.2) is 4.98 Å². The highest BCUT2D eigenvalue weighted by molar-refractivity contribution is 5.84. The smallest absolute Gasteiger partial charge is 0.250 e. The largest absolute Gasteiger partial charge is 0.336 e. The van der Waals surface area contributed by atoms with E-state index in [-0.39, 0.29) is 0 Å². The third kappa shape index (κ3) is 2.22. The van der Waals surface area contributed by atoms with Gasteiger partial charge < -0.3 is 5.32 Å². The molecule has 0 radical (unpaired) electrons. The Bertz CT molecular complexity index is 935. The van der Waals surface area contributed by atoms with E-state index in [1.165, 1.54) is 0 Å². The van der Waals surface area contributed by atoms with Crippen molar-refractivity contribution in [2.24, 2.45) is 0 Å². The van der Waals surface area contributed by atoms with Gasteiger partial charge in [-0.3, -0.25) is 9.59 Å². The molecule has 0 spiro atoms. The number of nitrogens with zero attached hydrogens (tertiary/aromatic N) is 1. The highest BCUT2D eigenvalue weighted by atomic mass is 16.2. The zero-order chi connectivity index (χ0) is 15.9. The van der Waals surface area contributed by atoms with Crippen LogP contribution in [0.3, 0.4) is 0 Å². The van der Waals surface area contributed by atoms with Gasteiger partial charge in [0, 0.05) is 6.20 Å². The molecule has 0 saturated heterocycles. The van der Waals surface area contributed by atoms with Crippen LogP contribution in [-0.2, 0) is 0 Å². The van der Waals surface area contributed by atoms with Gasteiger partial charge in [0.1, 0.15) is 11.5 Å². The summed E-state index contributed by atoms with van der Waals surface area (Å²) in [5.41, 5.74) is 3.76. The summed E-state index contributed by atoms with van der Waals surface area (Å²) in [6, 6.07) is 9.48. The molecule has 110 valence electrons. The molecular weight excluding hydrogens is 276 g/mol. The lowest BCUT2D eigenvalue weighted by atomic mass is 9.95. The predicted molar refractivity (Wildman–Crippen MR) is 88.5 cm³/mol. The molecular formula is C18H16N2O2. The number of aryl methyl sites for hydroxylation is 3. The molecule has 0 aliphatic carbocycles. The maximum Gasteiger partial charge on any atom is 0.250 e. The second-order valence-corrected chi connectivity index (χ2v) is 5.50. The molecule has 0 fully saturated rings. The van der Waals surface area contributed by atoms with Crippen molar-refractivity contribution in [3.63, 3.8) is 0 Å². The first kappa shape index (κ1) is 14.2. The van der Waals surface area contributed by atoms with Gasteiger partial charge in [-0.15, -0.1) is 0 Å². The minimum Gasteiger partial charge on any atom is -0.336 e. The Morgan fingerprint density at radius 3 is 2.36 bits per heavy atom. The number of anilines is 2. The lowest BCUT2D eigenvalue weighted by Crippen LogP contribution is -2.35. The molecule has 0 bridgehead atoms. The maximum absolute atomic E-state index is 12.0. The zero-order valence-electron chi connectivity index (χ0n) is 12.7. The van der Waals surface area contributed by atoms with Gasteiger partial charge >= 0.3 is 0 Å². The first-order valence-electron chi connectivity index (χ1n) is 7.08. The van der Waals surface area contributed by atoms with Crippen LogP contribution in [0.4, 0.5) is 11.5 Å². The van der Waals surface area contributed by atoms with Crippen molar-refractivity contribution in [3.05, 3.63) is 73.7 Å². The molecule has 0 aliphatic rings. The molecule has 1 aromatic heterocycles. The summed E-state index contributed by atoms with van der Waals surface area (Å²) in [5, 5.41) is 3.01. The third-order valence-corrected chi connectivity index (χ3v) is 3.96. The average molecular weight is 292 g/mol. The van der Waals surface area contributed by atoms with Crippen LogP contribution in [0.15, 0.2) is 46.1 Å². The number of rotatable bonds is 3. The molecule has 0 unspecified atom stereocenters. The highest BCUT2D eigenvalue weighted by Crippen LogP contribution is 2.28. The Balaban J connectivity index is 2.06. The molecule has 0 amide bonds. The second-order valence-electron chi connectivity index (χ2n) is 5.50. The average Bonchev–Trinajstić information content (AvgIpc) is 2.51. The number of pyridine rings is 1. The normalized spacial score (nSPS) is 10.9. The van der Waals surface area contributed by atoms with Crippen molar-refractivity contribution < 1.29 is 0 Å². The van der Waals surface area contributed by atoms with Crippen LogP contribution in [0.1, 0.15) is 16.7 Å². The van der Waals surface area contributed by atoms with Crippen molar-refractivity contribution in [1.29, 1.82) is 0 Å². The number of aromatic nitrogens is 1. The molecule has 1 N–H and O–H groups in total. The van der Waals surface area contributed by atoms with Crippen molar-refractivity contribution in [3.8, 4) is 11.1 Å². The minimum atomic E-state index is -0.488. The van der Waals surface area contributed by atoms with Crippen molar-refractivity contribution in [2.75, 3.05) is 5.32 Å². The van der Waals surface area contributed by atoms with Crippen LogP contribution in [0.2, 0.25) is 0 Å². The van der Waals surface area contributed by atoms with E-state index in [4.69, 9.17) is 0 Å². The van der Waals surface area contributed by atoms with Crippen LogP contribution >= 0.6 is 0 Å². The topological polar surface area (TPSA) is 59.1 Å². The Hall–Kier alpha value is -2.75. The Kier molecular flexibility index (Phi) is 3.37. The molecule has 4 heteroatoms. The molecule has 3 aromatic rings. The summed E-state index contributed by atoms with van der Waals surface area (Å²) in [4.78, 5) is 28.1. The van der Waals surface area contributed by atoms with Gasteiger partial charge in [0.15, 0.2) is 0 Å². The lowest BCUT2D eigenvalue weighted by molar-refractivity contribution is 1.24. The van der Waals surface area contributed by atoms with Crippen molar-refractivity contribution in [2.45, 2.75) is 20.8 Å². The zero-order valence-corrected chi connectivity index (χ0v) is 12.7. The van der Waals surface area contributed by atoms with E-state index in [0.717, 1.165) is 22.3 Å². The number of nitrogens with one attached hydrogen (secondary N) is 1. The fourth-order valence-electron chi connectivity index (χ4n) is 2.42. The van der Waals surface area contributed by atoms with Crippen LogP contribution in [-0.4, -0.2) is 4.98 Å². The molecule has 3 rings (SSSR count). The first-order chi connectivity index (χ1) is 10.5. The quantitative estimate of drug-likeness (QED) is 0.754. The van der Waals surface area contributed by atoms with Gasteiger partial charge in [0.2, 0.25) is 5.43 Å². The summed E-state index contributed by atoms with van der Waals surface area (Å²) in [6.07, 6.45) is 1.65. The Morgan fingerprint density at radius 1 is 0.909 bits per heavy atom. The highest BCUT2D eigenvalue weighted by Gasteiger charge is 2.23.